The second-order valence-electron chi connectivity index (χ2n) is 5.53. The Hall–Kier alpha value is -2.53. The van der Waals surface area contributed by atoms with Crippen molar-refractivity contribution in [3.05, 3.63) is 71.3 Å². The molecule has 1 N–H and O–H groups in total. The summed E-state index contributed by atoms with van der Waals surface area (Å²) < 4.78 is 0. The molecule has 1 aliphatic carbocycles. The van der Waals surface area contributed by atoms with E-state index in [1.807, 2.05) is 42.5 Å². The van der Waals surface area contributed by atoms with Gasteiger partial charge in [-0.1, -0.05) is 54.3 Å². The maximum absolute atomic E-state index is 12.4. The van der Waals surface area contributed by atoms with Crippen molar-refractivity contribution >= 4 is 5.91 Å². The van der Waals surface area contributed by atoms with Crippen molar-refractivity contribution in [2.24, 2.45) is 0 Å². The van der Waals surface area contributed by atoms with Crippen LogP contribution in [0.3, 0.4) is 0 Å². The maximum atomic E-state index is 12.4. The molecule has 0 saturated heterocycles. The van der Waals surface area contributed by atoms with Crippen molar-refractivity contribution in [3.8, 4) is 11.8 Å². The van der Waals surface area contributed by atoms with Crippen LogP contribution in [-0.4, -0.2) is 12.5 Å². The molecular weight excluding hydrogens is 270 g/mol. The summed E-state index contributed by atoms with van der Waals surface area (Å²) in [4.78, 5) is 12.4. The molecule has 2 aromatic rings. The van der Waals surface area contributed by atoms with Gasteiger partial charge in [-0.15, -0.1) is 0 Å². The minimum atomic E-state index is -0.0246. The Morgan fingerprint density at radius 3 is 2.73 bits per heavy atom. The Labute approximate surface area is 131 Å². The van der Waals surface area contributed by atoms with E-state index in [2.05, 4.69) is 29.3 Å². The van der Waals surface area contributed by atoms with Gasteiger partial charge in [-0.25, -0.2) is 0 Å². The zero-order valence-electron chi connectivity index (χ0n) is 12.5. The van der Waals surface area contributed by atoms with Gasteiger partial charge < -0.3 is 5.32 Å². The summed E-state index contributed by atoms with van der Waals surface area (Å²) in [6, 6.07) is 18.1. The Morgan fingerprint density at radius 1 is 1.09 bits per heavy atom. The van der Waals surface area contributed by atoms with Crippen LogP contribution in [0.2, 0.25) is 0 Å². The highest BCUT2D eigenvalue weighted by atomic mass is 16.1. The van der Waals surface area contributed by atoms with Crippen molar-refractivity contribution in [1.29, 1.82) is 0 Å². The molecule has 2 heteroatoms. The first-order valence-corrected chi connectivity index (χ1v) is 7.74. The summed E-state index contributed by atoms with van der Waals surface area (Å²) in [5, 5.41) is 2.95. The Balaban J connectivity index is 1.61. The predicted octanol–water partition coefficient (Wildman–Crippen LogP) is 3.27. The van der Waals surface area contributed by atoms with Crippen LogP contribution in [0.15, 0.2) is 54.6 Å². The number of carbonyl (C=O) groups excluding carboxylic acids is 1. The molecule has 0 bridgehead atoms. The third-order valence-electron chi connectivity index (χ3n) is 4.04. The minimum Gasteiger partial charge on any atom is -0.345 e. The molecule has 3 rings (SSSR count). The summed E-state index contributed by atoms with van der Waals surface area (Å²) in [5.41, 5.74) is 3.46. The van der Waals surface area contributed by atoms with E-state index in [1.165, 1.54) is 11.1 Å². The summed E-state index contributed by atoms with van der Waals surface area (Å²) in [5.74, 6) is 6.14. The van der Waals surface area contributed by atoms with E-state index in [-0.39, 0.29) is 11.8 Å². The molecule has 0 aromatic heterocycles. The molecule has 0 saturated carbocycles. The van der Waals surface area contributed by atoms with Crippen LogP contribution in [0.25, 0.3) is 0 Å². The topological polar surface area (TPSA) is 29.1 Å². The second kappa shape index (κ2) is 6.95. The Kier molecular flexibility index (Phi) is 4.56. The number of fused-ring (bicyclic) bond motifs is 1. The lowest BCUT2D eigenvalue weighted by Gasteiger charge is -2.24. The first kappa shape index (κ1) is 14.4. The molecular formula is C20H19NO. The van der Waals surface area contributed by atoms with Gasteiger partial charge in [-0.3, -0.25) is 4.79 Å². The minimum absolute atomic E-state index is 0.0246. The van der Waals surface area contributed by atoms with Crippen LogP contribution in [0.1, 0.15) is 35.4 Å². The maximum Gasteiger partial charge on any atom is 0.228 e. The van der Waals surface area contributed by atoms with Crippen molar-refractivity contribution in [2.75, 3.05) is 6.54 Å². The van der Waals surface area contributed by atoms with Gasteiger partial charge in [0.25, 0.3) is 0 Å². The van der Waals surface area contributed by atoms with Crippen LogP contribution in [-0.2, 0) is 11.2 Å². The first-order chi connectivity index (χ1) is 10.8. The quantitative estimate of drug-likeness (QED) is 0.845. The zero-order valence-corrected chi connectivity index (χ0v) is 12.5. The standard InChI is InChI=1S/C20H19NO/c22-20(21-15-7-10-16-8-2-1-3-9-16)19-14-6-12-17-11-4-5-13-18(17)19/h1-5,8-9,11,13,19H,6,12,14-15H2,(H,21,22). The molecule has 1 atom stereocenters. The average molecular weight is 289 g/mol. The molecule has 1 amide bonds. The zero-order chi connectivity index (χ0) is 15.2. The van der Waals surface area contributed by atoms with Crippen LogP contribution in [0.5, 0.6) is 0 Å². The van der Waals surface area contributed by atoms with E-state index >= 15 is 0 Å². The average Bonchev–Trinajstić information content (AvgIpc) is 2.59. The van der Waals surface area contributed by atoms with Gasteiger partial charge in [0.05, 0.1) is 12.5 Å². The van der Waals surface area contributed by atoms with E-state index < -0.39 is 0 Å². The van der Waals surface area contributed by atoms with Gasteiger partial charge in [-0.2, -0.15) is 0 Å². The number of carbonyl (C=O) groups is 1. The molecule has 22 heavy (non-hydrogen) atoms. The molecule has 110 valence electrons. The summed E-state index contributed by atoms with van der Waals surface area (Å²) >= 11 is 0. The smallest absolute Gasteiger partial charge is 0.228 e. The van der Waals surface area contributed by atoms with Crippen molar-refractivity contribution in [3.63, 3.8) is 0 Å². The highest BCUT2D eigenvalue weighted by Crippen LogP contribution is 2.31. The largest absolute Gasteiger partial charge is 0.345 e. The fourth-order valence-corrected chi connectivity index (χ4v) is 2.95. The lowest BCUT2D eigenvalue weighted by Crippen LogP contribution is -2.31. The number of aryl methyl sites for hydroxylation is 1. The van der Waals surface area contributed by atoms with Gasteiger partial charge in [0.15, 0.2) is 0 Å². The van der Waals surface area contributed by atoms with E-state index in [1.54, 1.807) is 0 Å². The van der Waals surface area contributed by atoms with Gasteiger partial charge in [0, 0.05) is 5.56 Å². The molecule has 0 spiro atoms. The van der Waals surface area contributed by atoms with E-state index in [9.17, 15) is 4.79 Å². The number of rotatable bonds is 2. The first-order valence-electron chi connectivity index (χ1n) is 7.74. The number of hydrogen-bond donors (Lipinski definition) is 1. The molecule has 0 fully saturated rings. The third-order valence-corrected chi connectivity index (χ3v) is 4.04. The summed E-state index contributed by atoms with van der Waals surface area (Å²) in [7, 11) is 0. The third kappa shape index (κ3) is 3.38. The fraction of sp³-hybridized carbons (Fsp3) is 0.250. The van der Waals surface area contributed by atoms with Crippen LogP contribution in [0.4, 0.5) is 0 Å². The van der Waals surface area contributed by atoms with Gasteiger partial charge >= 0.3 is 0 Å². The second-order valence-corrected chi connectivity index (χ2v) is 5.53. The molecule has 1 aliphatic rings. The van der Waals surface area contributed by atoms with Crippen LogP contribution in [0, 0.1) is 11.8 Å². The monoisotopic (exact) mass is 289 g/mol. The van der Waals surface area contributed by atoms with Gasteiger partial charge in [-0.05, 0) is 42.5 Å². The van der Waals surface area contributed by atoms with Crippen LogP contribution < -0.4 is 5.32 Å². The fourth-order valence-electron chi connectivity index (χ4n) is 2.95. The van der Waals surface area contributed by atoms with Crippen LogP contribution >= 0.6 is 0 Å². The molecule has 0 heterocycles. The molecule has 0 radical (unpaired) electrons. The lowest BCUT2D eigenvalue weighted by molar-refractivity contribution is -0.122. The van der Waals surface area contributed by atoms with Gasteiger partial charge in [0.1, 0.15) is 0 Å². The number of hydrogen-bond acceptors (Lipinski definition) is 1. The highest BCUT2D eigenvalue weighted by Gasteiger charge is 2.25. The van der Waals surface area contributed by atoms with Crippen molar-refractivity contribution < 1.29 is 4.79 Å². The van der Waals surface area contributed by atoms with E-state index in [0.29, 0.717) is 6.54 Å². The molecule has 0 aliphatic heterocycles. The number of benzene rings is 2. The highest BCUT2D eigenvalue weighted by molar-refractivity contribution is 5.84. The molecule has 2 aromatic carbocycles. The summed E-state index contributed by atoms with van der Waals surface area (Å²) in [6.45, 7) is 0.395. The normalized spacial score (nSPS) is 16.1. The number of amides is 1. The van der Waals surface area contributed by atoms with Crippen molar-refractivity contribution in [1.82, 2.24) is 5.32 Å². The lowest BCUT2D eigenvalue weighted by atomic mass is 9.82. The summed E-state index contributed by atoms with van der Waals surface area (Å²) in [6.07, 6.45) is 3.08. The SMILES string of the molecule is O=C(NCC#Cc1ccccc1)C1CCCc2ccccc21. The number of nitrogens with one attached hydrogen (secondary N) is 1. The Bertz CT molecular complexity index is 709. The van der Waals surface area contributed by atoms with E-state index in [4.69, 9.17) is 0 Å². The predicted molar refractivity (Wildman–Crippen MR) is 88.5 cm³/mol. The van der Waals surface area contributed by atoms with Crippen molar-refractivity contribution in [2.45, 2.75) is 25.2 Å². The molecule has 2 nitrogen and oxygen atoms in total. The molecule has 1 unspecified atom stereocenters. The Morgan fingerprint density at radius 2 is 1.86 bits per heavy atom. The van der Waals surface area contributed by atoms with E-state index in [0.717, 1.165) is 24.8 Å². The van der Waals surface area contributed by atoms with Gasteiger partial charge in [0.2, 0.25) is 5.91 Å².